The van der Waals surface area contributed by atoms with E-state index in [0.29, 0.717) is 5.17 Å². The quantitative estimate of drug-likeness (QED) is 0.403. The van der Waals surface area contributed by atoms with Crippen LogP contribution in [0.25, 0.3) is 0 Å². The maximum absolute atomic E-state index is 5.36. The molecule has 0 aliphatic heterocycles. The molecule has 0 spiro atoms. The molecule has 2 nitrogen and oxygen atoms in total. The van der Waals surface area contributed by atoms with Crippen molar-refractivity contribution in [2.75, 3.05) is 0 Å². The minimum Gasteiger partial charge on any atom is -0.162 e. The number of allylic oxidation sites excluding steroid dienone is 1. The van der Waals surface area contributed by atoms with Crippen molar-refractivity contribution in [2.24, 2.45) is 10.2 Å². The second kappa shape index (κ2) is 4.53. The second-order valence-electron chi connectivity index (χ2n) is 1.00. The van der Waals surface area contributed by atoms with Crippen molar-refractivity contribution >= 4 is 23.0 Å². The van der Waals surface area contributed by atoms with E-state index in [0.717, 1.165) is 0 Å². The van der Waals surface area contributed by atoms with Crippen molar-refractivity contribution in [3.8, 4) is 0 Å². The lowest BCUT2D eigenvalue weighted by molar-refractivity contribution is 1.26. The van der Waals surface area contributed by atoms with Crippen LogP contribution in [0.15, 0.2) is 22.9 Å². The lowest BCUT2D eigenvalue weighted by Crippen LogP contribution is -1.73. The summed E-state index contributed by atoms with van der Waals surface area (Å²) in [6.07, 6.45) is 2.97. The zero-order valence-electron chi connectivity index (χ0n) is 4.63. The first-order valence-electron chi connectivity index (χ1n) is 2.15. The third-order valence-corrected chi connectivity index (χ3v) is 0.667. The second-order valence-corrected chi connectivity index (χ2v) is 1.39. The Hall–Kier alpha value is -0.630. The Morgan fingerprint density at radius 1 is 1.75 bits per heavy atom. The molecule has 0 radical (unpaired) electrons. The van der Waals surface area contributed by atoms with E-state index in [1.54, 1.807) is 13.1 Å². The fourth-order valence-corrected chi connectivity index (χ4v) is 0.197. The molecule has 3 heteroatoms. The molecular formula is C5H7ClN2. The number of rotatable bonds is 2. The van der Waals surface area contributed by atoms with Crippen LogP contribution in [0.4, 0.5) is 0 Å². The van der Waals surface area contributed by atoms with Gasteiger partial charge in [-0.15, -0.1) is 5.10 Å². The van der Waals surface area contributed by atoms with E-state index in [4.69, 9.17) is 11.6 Å². The summed E-state index contributed by atoms with van der Waals surface area (Å²) in [6, 6.07) is 0. The molecule has 0 bridgehead atoms. The molecule has 0 aromatic heterocycles. The van der Waals surface area contributed by atoms with E-state index in [2.05, 4.69) is 16.8 Å². The molecule has 0 aromatic carbocycles. The minimum atomic E-state index is 0.308. The first-order valence-corrected chi connectivity index (χ1v) is 2.52. The molecule has 44 valence electrons. The van der Waals surface area contributed by atoms with Gasteiger partial charge in [0, 0.05) is 6.21 Å². The first-order chi connectivity index (χ1) is 3.81. The van der Waals surface area contributed by atoms with Crippen LogP contribution in [0.1, 0.15) is 6.92 Å². The number of nitrogens with zero attached hydrogens (tertiary/aromatic N) is 2. The fraction of sp³-hybridized carbons (Fsp3) is 0.200. The Labute approximate surface area is 53.6 Å². The van der Waals surface area contributed by atoms with Gasteiger partial charge >= 0.3 is 0 Å². The number of hydrogen-bond acceptors (Lipinski definition) is 2. The van der Waals surface area contributed by atoms with Gasteiger partial charge in [-0.3, -0.25) is 0 Å². The largest absolute Gasteiger partial charge is 0.162 e. The predicted molar refractivity (Wildman–Crippen MR) is 37.7 cm³/mol. The molecule has 0 atom stereocenters. The summed E-state index contributed by atoms with van der Waals surface area (Å²) >= 11 is 5.36. The lowest BCUT2D eigenvalue weighted by atomic mass is 10.7. The monoisotopic (exact) mass is 130 g/mol. The van der Waals surface area contributed by atoms with Gasteiger partial charge in [0.2, 0.25) is 0 Å². The van der Waals surface area contributed by atoms with Gasteiger partial charge in [0.15, 0.2) is 5.17 Å². The van der Waals surface area contributed by atoms with Crippen molar-refractivity contribution in [1.82, 2.24) is 0 Å². The summed E-state index contributed by atoms with van der Waals surface area (Å²) in [5, 5.41) is 7.31. The van der Waals surface area contributed by atoms with Gasteiger partial charge in [0.1, 0.15) is 0 Å². The third-order valence-electron chi connectivity index (χ3n) is 0.437. The Morgan fingerprint density at radius 3 is 2.75 bits per heavy atom. The summed E-state index contributed by atoms with van der Waals surface area (Å²) in [5.74, 6) is 0. The highest BCUT2D eigenvalue weighted by Gasteiger charge is 1.76. The third kappa shape index (κ3) is 3.56. The molecule has 8 heavy (non-hydrogen) atoms. The van der Waals surface area contributed by atoms with Gasteiger partial charge in [0.05, 0.1) is 0 Å². The van der Waals surface area contributed by atoms with Crippen molar-refractivity contribution in [1.29, 1.82) is 0 Å². The molecule has 0 fully saturated rings. The van der Waals surface area contributed by atoms with E-state index in [1.807, 2.05) is 0 Å². The van der Waals surface area contributed by atoms with Crippen LogP contribution in [0.3, 0.4) is 0 Å². The van der Waals surface area contributed by atoms with Gasteiger partial charge in [-0.05, 0) is 13.0 Å². The van der Waals surface area contributed by atoms with Crippen LogP contribution >= 0.6 is 11.6 Å². The highest BCUT2D eigenvalue weighted by Crippen LogP contribution is 1.85. The highest BCUT2D eigenvalue weighted by atomic mass is 35.5. The van der Waals surface area contributed by atoms with E-state index >= 15 is 0 Å². The number of halogens is 1. The van der Waals surface area contributed by atoms with Gasteiger partial charge in [-0.1, -0.05) is 18.2 Å². The minimum absolute atomic E-state index is 0.308. The van der Waals surface area contributed by atoms with Crippen LogP contribution in [-0.4, -0.2) is 11.4 Å². The SMILES string of the molecule is C=C/C(Cl)=N\N=C/C. The zero-order valence-corrected chi connectivity index (χ0v) is 5.39. The lowest BCUT2D eigenvalue weighted by Gasteiger charge is -1.77. The average molecular weight is 131 g/mol. The fourth-order valence-electron chi connectivity index (χ4n) is 0.154. The summed E-state index contributed by atoms with van der Waals surface area (Å²) in [4.78, 5) is 0. The van der Waals surface area contributed by atoms with Crippen molar-refractivity contribution in [3.63, 3.8) is 0 Å². The van der Waals surface area contributed by atoms with Crippen molar-refractivity contribution in [2.45, 2.75) is 6.92 Å². The van der Waals surface area contributed by atoms with E-state index < -0.39 is 0 Å². The van der Waals surface area contributed by atoms with Crippen molar-refractivity contribution in [3.05, 3.63) is 12.7 Å². The molecule has 0 rings (SSSR count). The van der Waals surface area contributed by atoms with Crippen LogP contribution < -0.4 is 0 Å². The molecule has 0 heterocycles. The molecule has 0 aromatic rings. The van der Waals surface area contributed by atoms with Crippen LogP contribution in [-0.2, 0) is 0 Å². The maximum atomic E-state index is 5.36. The Morgan fingerprint density at radius 2 is 2.38 bits per heavy atom. The molecular weight excluding hydrogens is 124 g/mol. The molecule has 0 aliphatic rings. The molecule has 0 saturated heterocycles. The van der Waals surface area contributed by atoms with Crippen molar-refractivity contribution < 1.29 is 0 Å². The molecule has 0 unspecified atom stereocenters. The Bertz CT molecular complexity index is 126. The zero-order chi connectivity index (χ0) is 6.41. The van der Waals surface area contributed by atoms with Gasteiger partial charge in [0.25, 0.3) is 0 Å². The average Bonchev–Trinajstić information content (AvgIpc) is 1.83. The smallest absolute Gasteiger partial charge is 0.151 e. The van der Waals surface area contributed by atoms with Gasteiger partial charge < -0.3 is 0 Å². The summed E-state index contributed by atoms with van der Waals surface area (Å²) < 4.78 is 0. The predicted octanol–water partition coefficient (Wildman–Crippen LogP) is 1.82. The first kappa shape index (κ1) is 7.37. The molecule has 0 aliphatic carbocycles. The van der Waals surface area contributed by atoms with Crippen LogP contribution in [0, 0.1) is 0 Å². The van der Waals surface area contributed by atoms with Gasteiger partial charge in [-0.2, -0.15) is 5.10 Å². The Kier molecular flexibility index (Phi) is 4.17. The summed E-state index contributed by atoms with van der Waals surface area (Å²) in [5.41, 5.74) is 0. The van der Waals surface area contributed by atoms with Crippen LogP contribution in [0.5, 0.6) is 0 Å². The summed E-state index contributed by atoms with van der Waals surface area (Å²) in [7, 11) is 0. The summed E-state index contributed by atoms with van der Waals surface area (Å²) in [6.45, 7) is 5.14. The van der Waals surface area contributed by atoms with E-state index in [1.165, 1.54) is 6.08 Å². The standard InChI is InChI=1S/C5H7ClN2/c1-3-5(6)8-7-4-2/h3-4H,1H2,2H3/b7-4-,8-5+. The maximum Gasteiger partial charge on any atom is 0.151 e. The normalized spacial score (nSPS) is 12.5. The Balaban J connectivity index is 3.74. The van der Waals surface area contributed by atoms with Gasteiger partial charge in [-0.25, -0.2) is 0 Å². The molecule has 0 saturated carbocycles. The molecule has 0 amide bonds. The molecule has 0 N–H and O–H groups in total. The number of hydrogen-bond donors (Lipinski definition) is 0. The van der Waals surface area contributed by atoms with E-state index in [9.17, 15) is 0 Å². The van der Waals surface area contributed by atoms with E-state index in [-0.39, 0.29) is 0 Å². The topological polar surface area (TPSA) is 24.7 Å². The highest BCUT2D eigenvalue weighted by molar-refractivity contribution is 6.68. The van der Waals surface area contributed by atoms with Crippen LogP contribution in [0.2, 0.25) is 0 Å².